The van der Waals surface area contributed by atoms with Crippen molar-refractivity contribution in [2.75, 3.05) is 19.6 Å². The Kier molecular flexibility index (Phi) is 18.4. The van der Waals surface area contributed by atoms with Gasteiger partial charge in [-0.2, -0.15) is 0 Å². The van der Waals surface area contributed by atoms with Crippen LogP contribution in [0.3, 0.4) is 0 Å². The number of unbranched alkanes of at least 4 members (excludes halogenated alkanes) is 12. The smallest absolute Gasteiger partial charge is 0.104 e. The van der Waals surface area contributed by atoms with Crippen LogP contribution in [0.5, 0.6) is 0 Å². The molecule has 0 amide bonds. The summed E-state index contributed by atoms with van der Waals surface area (Å²) in [5, 5.41) is 9.21. The van der Waals surface area contributed by atoms with Gasteiger partial charge in [-0.05, 0) is 67.9 Å². The largest absolute Gasteiger partial charge is 0.359 e. The van der Waals surface area contributed by atoms with E-state index in [0.29, 0.717) is 10.7 Å². The molecule has 0 aromatic heterocycles. The first-order chi connectivity index (χ1) is 21.5. The molecular weight excluding hydrogens is 595 g/mol. The number of hydrogen-bond donors (Lipinski definition) is 0. The molecule has 3 aliphatic rings. The van der Waals surface area contributed by atoms with Gasteiger partial charge in [0.1, 0.15) is 5.37 Å². The van der Waals surface area contributed by atoms with Gasteiger partial charge in [-0.15, -0.1) is 23.5 Å². The van der Waals surface area contributed by atoms with E-state index in [1.807, 2.05) is 35.3 Å². The average Bonchev–Trinajstić information content (AvgIpc) is 3.69. The van der Waals surface area contributed by atoms with E-state index in [4.69, 9.17) is 0 Å². The van der Waals surface area contributed by atoms with Crippen LogP contribution in [0.4, 0.5) is 0 Å². The quantitative estimate of drug-likeness (QED) is 0.0840. The van der Waals surface area contributed by atoms with E-state index in [2.05, 4.69) is 96.8 Å². The molecule has 0 saturated carbocycles. The van der Waals surface area contributed by atoms with Crippen molar-refractivity contribution >= 4 is 35.3 Å². The summed E-state index contributed by atoms with van der Waals surface area (Å²) in [7, 11) is 0. The van der Waals surface area contributed by atoms with Crippen LogP contribution in [0.2, 0.25) is 0 Å². The Morgan fingerprint density at radius 1 is 0.636 bits per heavy atom. The maximum atomic E-state index is 2.67. The Hall–Kier alpha value is -1.11. The minimum absolute atomic E-state index is 0.347. The Morgan fingerprint density at radius 2 is 1.18 bits per heavy atom. The summed E-state index contributed by atoms with van der Waals surface area (Å²) in [6, 6.07) is 0. The molecule has 3 nitrogen and oxygen atoms in total. The average molecular weight is 658 g/mol. The lowest BCUT2D eigenvalue weighted by atomic mass is 10.1. The van der Waals surface area contributed by atoms with Gasteiger partial charge in [0.15, 0.2) is 0 Å². The van der Waals surface area contributed by atoms with E-state index in [1.54, 1.807) is 0 Å². The number of nitrogens with zero attached hydrogens (tertiary/aromatic N) is 3. The predicted molar refractivity (Wildman–Crippen MR) is 203 cm³/mol. The molecule has 0 saturated heterocycles. The number of thioether (sulfide) groups is 3. The highest BCUT2D eigenvalue weighted by Gasteiger charge is 2.28. The van der Waals surface area contributed by atoms with Crippen LogP contribution < -0.4 is 0 Å². The molecule has 3 rings (SSSR count). The van der Waals surface area contributed by atoms with Crippen LogP contribution in [-0.4, -0.2) is 45.1 Å². The number of allylic oxidation sites excluding steroid dienone is 5. The van der Waals surface area contributed by atoms with Crippen molar-refractivity contribution in [2.24, 2.45) is 0 Å². The molecule has 2 atom stereocenters. The van der Waals surface area contributed by atoms with E-state index >= 15 is 0 Å². The van der Waals surface area contributed by atoms with Crippen molar-refractivity contribution in [1.29, 1.82) is 0 Å². The maximum Gasteiger partial charge on any atom is 0.104 e. The summed E-state index contributed by atoms with van der Waals surface area (Å²) in [4.78, 5) is 7.84. The molecule has 0 radical (unpaired) electrons. The second kappa shape index (κ2) is 21.6. The Labute approximate surface area is 285 Å². The predicted octanol–water partition coefficient (Wildman–Crippen LogP) is 12.6. The van der Waals surface area contributed by atoms with Gasteiger partial charge in [0.2, 0.25) is 0 Å². The zero-order chi connectivity index (χ0) is 31.6. The highest BCUT2D eigenvalue weighted by atomic mass is 32.2. The minimum atomic E-state index is 0.347. The van der Waals surface area contributed by atoms with E-state index in [9.17, 15) is 0 Å². The Bertz CT molecular complexity index is 1020. The van der Waals surface area contributed by atoms with Crippen molar-refractivity contribution in [2.45, 2.75) is 149 Å². The van der Waals surface area contributed by atoms with Gasteiger partial charge < -0.3 is 14.7 Å². The van der Waals surface area contributed by atoms with Gasteiger partial charge in [0.05, 0.1) is 10.4 Å². The summed E-state index contributed by atoms with van der Waals surface area (Å²) in [5.41, 5.74) is 5.66. The third-order valence-corrected chi connectivity index (χ3v) is 12.4. The summed E-state index contributed by atoms with van der Waals surface area (Å²) >= 11 is 5.86. The number of hydrogen-bond acceptors (Lipinski definition) is 6. The van der Waals surface area contributed by atoms with Crippen molar-refractivity contribution in [3.05, 3.63) is 68.2 Å². The molecule has 0 aromatic carbocycles. The second-order valence-electron chi connectivity index (χ2n) is 12.7. The highest BCUT2D eigenvalue weighted by Crippen LogP contribution is 2.39. The zero-order valence-corrected chi connectivity index (χ0v) is 31.4. The van der Waals surface area contributed by atoms with E-state index in [0.717, 1.165) is 19.6 Å². The summed E-state index contributed by atoms with van der Waals surface area (Å²) in [6.45, 7) is 17.2. The van der Waals surface area contributed by atoms with Crippen molar-refractivity contribution in [3.8, 4) is 0 Å². The van der Waals surface area contributed by atoms with Crippen LogP contribution in [0.15, 0.2) is 68.2 Å². The molecule has 0 bridgehead atoms. The minimum Gasteiger partial charge on any atom is -0.359 e. The molecule has 3 aliphatic heterocycles. The van der Waals surface area contributed by atoms with Crippen molar-refractivity contribution < 1.29 is 0 Å². The second-order valence-corrected chi connectivity index (χ2v) is 15.6. The third kappa shape index (κ3) is 12.2. The lowest BCUT2D eigenvalue weighted by molar-refractivity contribution is 0.345. The molecule has 0 aliphatic carbocycles. The van der Waals surface area contributed by atoms with Crippen molar-refractivity contribution in [1.82, 2.24) is 14.7 Å². The van der Waals surface area contributed by atoms with Gasteiger partial charge in [0, 0.05) is 36.7 Å². The van der Waals surface area contributed by atoms with E-state index in [1.165, 1.54) is 124 Å². The molecule has 6 heteroatoms. The Morgan fingerprint density at radius 3 is 1.82 bits per heavy atom. The molecule has 0 spiro atoms. The highest BCUT2D eigenvalue weighted by molar-refractivity contribution is 8.06. The van der Waals surface area contributed by atoms with Gasteiger partial charge in [-0.25, -0.2) is 0 Å². The first-order valence-corrected chi connectivity index (χ1v) is 20.6. The third-order valence-electron chi connectivity index (χ3n) is 8.93. The van der Waals surface area contributed by atoms with Crippen LogP contribution >= 0.6 is 35.3 Å². The lowest BCUT2D eigenvalue weighted by Crippen LogP contribution is -2.30. The van der Waals surface area contributed by atoms with Crippen LogP contribution in [0.1, 0.15) is 138 Å². The molecule has 3 heterocycles. The van der Waals surface area contributed by atoms with Crippen molar-refractivity contribution in [3.63, 3.8) is 0 Å². The molecule has 0 N–H and O–H groups in total. The topological polar surface area (TPSA) is 9.72 Å². The maximum absolute atomic E-state index is 2.67. The summed E-state index contributed by atoms with van der Waals surface area (Å²) in [5.74, 6) is 0. The van der Waals surface area contributed by atoms with E-state index in [-0.39, 0.29) is 0 Å². The van der Waals surface area contributed by atoms with Gasteiger partial charge in [0.25, 0.3) is 0 Å². The fraction of sp³-hybridized carbons (Fsp3) is 0.684. The van der Waals surface area contributed by atoms with E-state index < -0.39 is 0 Å². The molecule has 44 heavy (non-hydrogen) atoms. The molecule has 248 valence electrons. The first kappa shape index (κ1) is 37.3. The Balaban J connectivity index is 1.77. The summed E-state index contributed by atoms with van der Waals surface area (Å²) in [6.07, 6.45) is 29.7. The normalized spacial score (nSPS) is 21.8. The van der Waals surface area contributed by atoms with Crippen LogP contribution in [-0.2, 0) is 0 Å². The fourth-order valence-corrected chi connectivity index (χ4v) is 9.27. The molecular formula is C38H63N3S3. The summed E-state index contributed by atoms with van der Waals surface area (Å²) < 4.78 is 0. The van der Waals surface area contributed by atoms with Gasteiger partial charge >= 0.3 is 0 Å². The fourth-order valence-electron chi connectivity index (χ4n) is 6.09. The SMILES string of the molecule is CCCCCCCN1C(C)=CS/C1=C/C=C(/C=C/C1SC=C(C)N1CCCCCCC)C1SC=C(C)N1CCCCCCC. The standard InChI is InChI=1S/C38H63N3S3/c1-7-10-13-16-19-26-39-32(4)29-42-36(39)24-22-35(38-41(34(6)31-44-38)28-21-18-15-12-9-3)23-25-37-40(33(5)30-43-37)27-20-17-14-11-8-2/h22-25,29-31,36,38H,7-21,26-28H2,1-6H3/b24-22+,35-23-,37-25+. The number of rotatable bonds is 22. The molecule has 0 aromatic rings. The monoisotopic (exact) mass is 657 g/mol. The van der Waals surface area contributed by atoms with Crippen LogP contribution in [0.25, 0.3) is 0 Å². The van der Waals surface area contributed by atoms with Gasteiger partial charge in [-0.1, -0.05) is 128 Å². The zero-order valence-electron chi connectivity index (χ0n) is 29.0. The lowest BCUT2D eigenvalue weighted by Gasteiger charge is -2.30. The van der Waals surface area contributed by atoms with Crippen LogP contribution in [0, 0.1) is 0 Å². The molecule has 2 unspecified atom stereocenters. The van der Waals surface area contributed by atoms with Gasteiger partial charge in [-0.3, -0.25) is 0 Å². The first-order valence-electron chi connectivity index (χ1n) is 17.9. The molecule has 0 fully saturated rings.